The van der Waals surface area contributed by atoms with Crippen molar-refractivity contribution in [2.45, 2.75) is 20.4 Å². The van der Waals surface area contributed by atoms with Crippen molar-refractivity contribution in [1.29, 1.82) is 0 Å². The average Bonchev–Trinajstić information content (AvgIpc) is 2.64. The summed E-state index contributed by atoms with van der Waals surface area (Å²) in [5.41, 5.74) is 7.17. The predicted molar refractivity (Wildman–Crippen MR) is 68.1 cm³/mol. The third-order valence-corrected chi connectivity index (χ3v) is 2.68. The standard InChI is InChI=1S/C11H19N5O2/c1-5-16-10(9(12)7(2)14-16)11(18)15(4)6-8(17)13-3/h5-6,12H2,1-4H3,(H,13,17). The Bertz CT molecular complexity index is 466. The fourth-order valence-corrected chi connectivity index (χ4v) is 1.60. The number of amides is 2. The molecular formula is C11H19N5O2. The van der Waals surface area contributed by atoms with E-state index in [-0.39, 0.29) is 18.4 Å². The predicted octanol–water partition coefficient (Wildman–Crippen LogP) is -0.388. The van der Waals surface area contributed by atoms with Gasteiger partial charge in [0, 0.05) is 20.6 Å². The SMILES string of the molecule is CCn1nc(C)c(N)c1C(=O)N(C)CC(=O)NC. The Morgan fingerprint density at radius 3 is 2.61 bits per heavy atom. The van der Waals surface area contributed by atoms with Gasteiger partial charge < -0.3 is 16.0 Å². The molecule has 2 amide bonds. The highest BCUT2D eigenvalue weighted by molar-refractivity contribution is 5.99. The second-order valence-electron chi connectivity index (χ2n) is 4.00. The molecule has 7 heteroatoms. The highest BCUT2D eigenvalue weighted by Crippen LogP contribution is 2.17. The molecule has 0 spiro atoms. The lowest BCUT2D eigenvalue weighted by molar-refractivity contribution is -0.121. The van der Waals surface area contributed by atoms with E-state index in [1.807, 2.05) is 6.92 Å². The highest BCUT2D eigenvalue weighted by Gasteiger charge is 2.23. The minimum Gasteiger partial charge on any atom is -0.395 e. The molecule has 1 rings (SSSR count). The molecule has 0 saturated carbocycles. The monoisotopic (exact) mass is 253 g/mol. The molecule has 0 atom stereocenters. The van der Waals surface area contributed by atoms with Crippen LogP contribution in [-0.2, 0) is 11.3 Å². The molecule has 0 aromatic carbocycles. The van der Waals surface area contributed by atoms with E-state index in [0.29, 0.717) is 23.6 Å². The third-order valence-electron chi connectivity index (χ3n) is 2.68. The van der Waals surface area contributed by atoms with Crippen LogP contribution in [0.3, 0.4) is 0 Å². The van der Waals surface area contributed by atoms with Crippen molar-refractivity contribution >= 4 is 17.5 Å². The fourth-order valence-electron chi connectivity index (χ4n) is 1.60. The van der Waals surface area contributed by atoms with E-state index in [2.05, 4.69) is 10.4 Å². The number of likely N-dealkylation sites (N-methyl/N-ethyl adjacent to an activating group) is 2. The van der Waals surface area contributed by atoms with Gasteiger partial charge in [-0.15, -0.1) is 0 Å². The number of aryl methyl sites for hydroxylation is 2. The molecule has 0 bridgehead atoms. The molecule has 1 aromatic heterocycles. The quantitative estimate of drug-likeness (QED) is 0.764. The van der Waals surface area contributed by atoms with Crippen LogP contribution in [0.1, 0.15) is 23.1 Å². The highest BCUT2D eigenvalue weighted by atomic mass is 16.2. The van der Waals surface area contributed by atoms with Gasteiger partial charge in [-0.1, -0.05) is 0 Å². The summed E-state index contributed by atoms with van der Waals surface area (Å²) in [5.74, 6) is -0.540. The van der Waals surface area contributed by atoms with Gasteiger partial charge in [-0.25, -0.2) is 0 Å². The van der Waals surface area contributed by atoms with E-state index in [0.717, 1.165) is 0 Å². The molecule has 1 aromatic rings. The Hall–Kier alpha value is -2.05. The molecule has 1 heterocycles. The van der Waals surface area contributed by atoms with Crippen molar-refractivity contribution in [3.8, 4) is 0 Å². The van der Waals surface area contributed by atoms with Crippen LogP contribution in [0, 0.1) is 6.92 Å². The summed E-state index contributed by atoms with van der Waals surface area (Å²) in [7, 11) is 3.08. The van der Waals surface area contributed by atoms with Gasteiger partial charge in [0.2, 0.25) is 5.91 Å². The van der Waals surface area contributed by atoms with E-state index < -0.39 is 0 Å². The first-order chi connectivity index (χ1) is 8.42. The van der Waals surface area contributed by atoms with Gasteiger partial charge in [0.1, 0.15) is 5.69 Å². The normalized spacial score (nSPS) is 10.2. The molecule has 0 aliphatic rings. The Labute approximate surface area is 106 Å². The summed E-state index contributed by atoms with van der Waals surface area (Å²) in [5, 5.41) is 6.64. The molecule has 0 unspecified atom stereocenters. The maximum absolute atomic E-state index is 12.2. The van der Waals surface area contributed by atoms with Gasteiger partial charge in [0.15, 0.2) is 0 Å². The molecule has 0 aliphatic heterocycles. The number of nitrogen functional groups attached to an aromatic ring is 1. The van der Waals surface area contributed by atoms with E-state index in [1.165, 1.54) is 11.9 Å². The Morgan fingerprint density at radius 2 is 2.11 bits per heavy atom. The van der Waals surface area contributed by atoms with E-state index in [1.54, 1.807) is 18.7 Å². The second kappa shape index (κ2) is 5.52. The number of aromatic nitrogens is 2. The zero-order valence-electron chi connectivity index (χ0n) is 11.1. The van der Waals surface area contributed by atoms with Crippen LogP contribution in [0.4, 0.5) is 5.69 Å². The Kier molecular flexibility index (Phi) is 4.30. The van der Waals surface area contributed by atoms with Crippen molar-refractivity contribution in [3.63, 3.8) is 0 Å². The maximum atomic E-state index is 12.2. The number of nitrogens with zero attached hydrogens (tertiary/aromatic N) is 3. The Balaban J connectivity index is 2.99. The van der Waals surface area contributed by atoms with Crippen LogP contribution in [0.5, 0.6) is 0 Å². The zero-order chi connectivity index (χ0) is 13.9. The number of carbonyl (C=O) groups excluding carboxylic acids is 2. The minimum absolute atomic E-state index is 0.0112. The first-order valence-corrected chi connectivity index (χ1v) is 5.71. The topological polar surface area (TPSA) is 93.2 Å². The van der Waals surface area contributed by atoms with E-state index in [9.17, 15) is 9.59 Å². The van der Waals surface area contributed by atoms with Crippen molar-refractivity contribution in [3.05, 3.63) is 11.4 Å². The molecular weight excluding hydrogens is 234 g/mol. The summed E-state index contributed by atoms with van der Waals surface area (Å²) in [6, 6.07) is 0. The molecule has 0 aliphatic carbocycles. The number of hydrogen-bond acceptors (Lipinski definition) is 4. The summed E-state index contributed by atoms with van der Waals surface area (Å²) in [6.45, 7) is 4.16. The summed E-state index contributed by atoms with van der Waals surface area (Å²) >= 11 is 0. The van der Waals surface area contributed by atoms with Crippen LogP contribution in [0.2, 0.25) is 0 Å². The van der Waals surface area contributed by atoms with Gasteiger partial charge in [-0.05, 0) is 13.8 Å². The second-order valence-corrected chi connectivity index (χ2v) is 4.00. The molecule has 7 nitrogen and oxygen atoms in total. The van der Waals surface area contributed by atoms with Crippen LogP contribution >= 0.6 is 0 Å². The summed E-state index contributed by atoms with van der Waals surface area (Å²) in [6.07, 6.45) is 0. The Morgan fingerprint density at radius 1 is 1.50 bits per heavy atom. The van der Waals surface area contributed by atoms with Crippen LogP contribution in [-0.4, -0.2) is 47.1 Å². The first-order valence-electron chi connectivity index (χ1n) is 5.71. The number of carbonyl (C=O) groups is 2. The van der Waals surface area contributed by atoms with Gasteiger partial charge >= 0.3 is 0 Å². The molecule has 0 radical (unpaired) electrons. The van der Waals surface area contributed by atoms with Crippen molar-refractivity contribution in [1.82, 2.24) is 20.0 Å². The van der Waals surface area contributed by atoms with Crippen LogP contribution < -0.4 is 11.1 Å². The smallest absolute Gasteiger partial charge is 0.274 e. The van der Waals surface area contributed by atoms with Crippen molar-refractivity contribution < 1.29 is 9.59 Å². The van der Waals surface area contributed by atoms with E-state index >= 15 is 0 Å². The first kappa shape index (κ1) is 14.0. The molecule has 100 valence electrons. The average molecular weight is 253 g/mol. The summed E-state index contributed by atoms with van der Waals surface area (Å²) in [4.78, 5) is 24.8. The number of rotatable bonds is 4. The van der Waals surface area contributed by atoms with E-state index in [4.69, 9.17) is 5.73 Å². The van der Waals surface area contributed by atoms with Gasteiger partial charge in [-0.3, -0.25) is 14.3 Å². The lowest BCUT2D eigenvalue weighted by atomic mass is 10.2. The lowest BCUT2D eigenvalue weighted by Crippen LogP contribution is -2.38. The molecule has 18 heavy (non-hydrogen) atoms. The maximum Gasteiger partial charge on any atom is 0.274 e. The number of anilines is 1. The largest absolute Gasteiger partial charge is 0.395 e. The van der Waals surface area contributed by atoms with Gasteiger partial charge in [-0.2, -0.15) is 5.10 Å². The minimum atomic E-state index is -0.307. The number of hydrogen-bond donors (Lipinski definition) is 2. The third kappa shape index (κ3) is 2.61. The lowest BCUT2D eigenvalue weighted by Gasteiger charge is -2.16. The van der Waals surface area contributed by atoms with Gasteiger partial charge in [0.05, 0.1) is 17.9 Å². The van der Waals surface area contributed by atoms with Crippen LogP contribution in [0.15, 0.2) is 0 Å². The summed E-state index contributed by atoms with van der Waals surface area (Å²) < 4.78 is 1.55. The number of nitrogens with two attached hydrogens (primary N) is 1. The molecule has 0 fully saturated rings. The van der Waals surface area contributed by atoms with Crippen molar-refractivity contribution in [2.24, 2.45) is 0 Å². The van der Waals surface area contributed by atoms with Crippen LogP contribution in [0.25, 0.3) is 0 Å². The molecule has 3 N–H and O–H groups in total. The fraction of sp³-hybridized carbons (Fsp3) is 0.545. The zero-order valence-corrected chi connectivity index (χ0v) is 11.1. The van der Waals surface area contributed by atoms with Gasteiger partial charge in [0.25, 0.3) is 5.91 Å². The van der Waals surface area contributed by atoms with Crippen molar-refractivity contribution in [2.75, 3.05) is 26.4 Å². The number of nitrogens with one attached hydrogen (secondary N) is 1. The molecule has 0 saturated heterocycles.